The number of carboxylic acid groups (broad SMARTS) is 1. The standard InChI is InChI=1S/C9H6N2O2/c12-9(13)7-5-11-8-6(7)3-1-2-4-10-8/h1-3,5,11H,(H,12,13). The van der Waals surface area contributed by atoms with Crippen LogP contribution in [-0.4, -0.2) is 21.9 Å². The number of aromatic nitrogens is 1. The Bertz CT molecular complexity index is 448. The van der Waals surface area contributed by atoms with Crippen molar-refractivity contribution in [2.24, 2.45) is 4.99 Å². The van der Waals surface area contributed by atoms with E-state index in [1.165, 1.54) is 6.20 Å². The van der Waals surface area contributed by atoms with Crippen LogP contribution in [0.1, 0.15) is 15.9 Å². The van der Waals surface area contributed by atoms with Gasteiger partial charge >= 0.3 is 5.97 Å². The van der Waals surface area contributed by atoms with E-state index in [2.05, 4.69) is 15.8 Å². The summed E-state index contributed by atoms with van der Waals surface area (Å²) in [5.74, 6) is 2.22. The number of carbonyl (C=O) groups is 1. The molecule has 4 heteroatoms. The van der Waals surface area contributed by atoms with Crippen molar-refractivity contribution in [1.29, 1.82) is 0 Å². The van der Waals surface area contributed by atoms with E-state index in [4.69, 9.17) is 5.11 Å². The van der Waals surface area contributed by atoms with Gasteiger partial charge in [-0.3, -0.25) is 0 Å². The van der Waals surface area contributed by atoms with E-state index >= 15 is 0 Å². The van der Waals surface area contributed by atoms with Gasteiger partial charge in [0.15, 0.2) is 0 Å². The minimum absolute atomic E-state index is 0.229. The number of fused-ring (bicyclic) bond motifs is 1. The molecule has 0 aliphatic carbocycles. The normalized spacial score (nSPS) is 12.6. The van der Waals surface area contributed by atoms with Crippen molar-refractivity contribution in [2.45, 2.75) is 0 Å². The summed E-state index contributed by atoms with van der Waals surface area (Å²) < 4.78 is 0. The van der Waals surface area contributed by atoms with E-state index in [-0.39, 0.29) is 5.56 Å². The second-order valence-corrected chi connectivity index (χ2v) is 2.54. The summed E-state index contributed by atoms with van der Waals surface area (Å²) in [7, 11) is 0. The predicted molar refractivity (Wildman–Crippen MR) is 48.5 cm³/mol. The molecule has 2 heterocycles. The Balaban J connectivity index is 2.64. The van der Waals surface area contributed by atoms with E-state index < -0.39 is 5.97 Å². The average Bonchev–Trinajstić information content (AvgIpc) is 2.36. The number of nitrogens with zero attached hydrogens (tertiary/aromatic N) is 1. The third kappa shape index (κ3) is 1.19. The highest BCUT2D eigenvalue weighted by Crippen LogP contribution is 2.24. The van der Waals surface area contributed by atoms with Crippen molar-refractivity contribution in [3.05, 3.63) is 29.5 Å². The lowest BCUT2D eigenvalue weighted by molar-refractivity contribution is 0.0697. The summed E-state index contributed by atoms with van der Waals surface area (Å²) in [6.45, 7) is 0. The average molecular weight is 174 g/mol. The van der Waals surface area contributed by atoms with Crippen LogP contribution < -0.4 is 0 Å². The van der Waals surface area contributed by atoms with Gasteiger partial charge in [0.1, 0.15) is 5.82 Å². The second kappa shape index (κ2) is 2.77. The zero-order chi connectivity index (χ0) is 9.26. The topological polar surface area (TPSA) is 65.4 Å². The number of allylic oxidation sites excluding steroid dienone is 2. The van der Waals surface area contributed by atoms with Crippen LogP contribution >= 0.6 is 0 Å². The van der Waals surface area contributed by atoms with Gasteiger partial charge in [0.2, 0.25) is 0 Å². The number of aromatic carboxylic acids is 1. The van der Waals surface area contributed by atoms with E-state index in [9.17, 15) is 4.79 Å². The minimum Gasteiger partial charge on any atom is -0.478 e. The maximum Gasteiger partial charge on any atom is 0.337 e. The van der Waals surface area contributed by atoms with Crippen molar-refractivity contribution >= 4 is 23.7 Å². The number of hydrogen-bond acceptors (Lipinski definition) is 2. The second-order valence-electron chi connectivity index (χ2n) is 2.54. The van der Waals surface area contributed by atoms with Gasteiger partial charge in [0.05, 0.1) is 5.56 Å². The molecule has 1 aliphatic heterocycles. The lowest BCUT2D eigenvalue weighted by atomic mass is 10.2. The van der Waals surface area contributed by atoms with Crippen LogP contribution in [0.4, 0.5) is 5.82 Å². The summed E-state index contributed by atoms with van der Waals surface area (Å²) in [5, 5.41) is 8.80. The lowest BCUT2D eigenvalue weighted by Gasteiger charge is -1.91. The largest absolute Gasteiger partial charge is 0.478 e. The van der Waals surface area contributed by atoms with Gasteiger partial charge in [-0.25, -0.2) is 4.79 Å². The fraction of sp³-hybridized carbons (Fsp3) is 0. The first-order valence-electron chi connectivity index (χ1n) is 3.70. The van der Waals surface area contributed by atoms with Crippen LogP contribution in [0, 0.1) is 0 Å². The summed E-state index contributed by atoms with van der Waals surface area (Å²) in [4.78, 5) is 17.4. The van der Waals surface area contributed by atoms with Crippen molar-refractivity contribution in [3.63, 3.8) is 0 Å². The maximum absolute atomic E-state index is 10.7. The molecule has 0 saturated carbocycles. The highest BCUT2D eigenvalue weighted by Gasteiger charge is 2.13. The van der Waals surface area contributed by atoms with Crippen LogP contribution in [0.3, 0.4) is 0 Å². The molecule has 2 N–H and O–H groups in total. The maximum atomic E-state index is 10.7. The monoisotopic (exact) mass is 174 g/mol. The summed E-state index contributed by atoms with van der Waals surface area (Å²) in [5.41, 5.74) is 0.820. The van der Waals surface area contributed by atoms with Crippen molar-refractivity contribution in [3.8, 4) is 0 Å². The highest BCUT2D eigenvalue weighted by atomic mass is 16.4. The van der Waals surface area contributed by atoms with Gasteiger partial charge in [0, 0.05) is 11.8 Å². The number of rotatable bonds is 1. The number of aliphatic imine (C=N–C) groups is 1. The Labute approximate surface area is 73.9 Å². The molecular weight excluding hydrogens is 168 g/mol. The van der Waals surface area contributed by atoms with Gasteiger partial charge < -0.3 is 10.1 Å². The first-order chi connectivity index (χ1) is 6.29. The van der Waals surface area contributed by atoms with Crippen LogP contribution in [0.25, 0.3) is 6.08 Å². The van der Waals surface area contributed by atoms with Crippen molar-refractivity contribution < 1.29 is 9.90 Å². The van der Waals surface area contributed by atoms with Crippen LogP contribution in [0.2, 0.25) is 0 Å². The number of H-pyrrole nitrogens is 1. The third-order valence-corrected chi connectivity index (χ3v) is 1.74. The molecule has 1 aromatic rings. The fourth-order valence-corrected chi connectivity index (χ4v) is 1.15. The third-order valence-electron chi connectivity index (χ3n) is 1.74. The van der Waals surface area contributed by atoms with Crippen LogP contribution in [-0.2, 0) is 0 Å². The Morgan fingerprint density at radius 2 is 2.46 bits per heavy atom. The Hall–Kier alpha value is -2.06. The van der Waals surface area contributed by atoms with Gasteiger partial charge in [-0.2, -0.15) is 4.99 Å². The number of hydrogen-bond donors (Lipinski definition) is 2. The van der Waals surface area contributed by atoms with Crippen LogP contribution in [0.5, 0.6) is 0 Å². The summed E-state index contributed by atoms with van der Waals surface area (Å²) in [6, 6.07) is 0. The minimum atomic E-state index is -0.959. The Morgan fingerprint density at radius 3 is 3.23 bits per heavy atom. The van der Waals surface area contributed by atoms with Crippen LogP contribution in [0.15, 0.2) is 23.3 Å². The first-order valence-corrected chi connectivity index (χ1v) is 3.70. The SMILES string of the molecule is O=C(O)c1c[nH]c2c1C=CC=C=N2. The highest BCUT2D eigenvalue weighted by molar-refractivity contribution is 5.95. The van der Waals surface area contributed by atoms with Gasteiger partial charge in [0.25, 0.3) is 0 Å². The number of nitrogens with one attached hydrogen (secondary N) is 1. The molecule has 4 nitrogen and oxygen atoms in total. The molecule has 0 aromatic carbocycles. The predicted octanol–water partition coefficient (Wildman–Crippen LogP) is 1.60. The Kier molecular flexibility index (Phi) is 1.61. The molecule has 13 heavy (non-hydrogen) atoms. The molecule has 64 valence electrons. The van der Waals surface area contributed by atoms with E-state index in [0.29, 0.717) is 11.4 Å². The molecule has 1 aromatic heterocycles. The molecule has 0 unspecified atom stereocenters. The molecule has 0 spiro atoms. The van der Waals surface area contributed by atoms with Gasteiger partial charge in [-0.15, -0.1) is 0 Å². The Morgan fingerprint density at radius 1 is 1.62 bits per heavy atom. The quantitative estimate of drug-likeness (QED) is 0.679. The lowest BCUT2D eigenvalue weighted by Crippen LogP contribution is -1.95. The smallest absolute Gasteiger partial charge is 0.337 e. The molecular formula is C9H6N2O2. The molecule has 0 radical (unpaired) electrons. The van der Waals surface area contributed by atoms with E-state index in [0.717, 1.165) is 0 Å². The number of aromatic amines is 1. The molecule has 0 saturated heterocycles. The van der Waals surface area contributed by atoms with Gasteiger partial charge in [-0.05, 0) is 18.0 Å². The van der Waals surface area contributed by atoms with Crippen molar-refractivity contribution in [2.75, 3.05) is 0 Å². The number of carboxylic acids is 1. The van der Waals surface area contributed by atoms with Gasteiger partial charge in [-0.1, -0.05) is 6.08 Å². The fourth-order valence-electron chi connectivity index (χ4n) is 1.15. The van der Waals surface area contributed by atoms with Crippen molar-refractivity contribution in [1.82, 2.24) is 4.98 Å². The summed E-state index contributed by atoms with van der Waals surface area (Å²) >= 11 is 0. The molecule has 0 fully saturated rings. The zero-order valence-corrected chi connectivity index (χ0v) is 6.61. The molecule has 1 aliphatic rings. The summed E-state index contributed by atoms with van der Waals surface area (Å²) in [6.07, 6.45) is 6.45. The molecule has 0 amide bonds. The molecule has 2 rings (SSSR count). The van der Waals surface area contributed by atoms with E-state index in [1.807, 2.05) is 0 Å². The molecule has 0 atom stereocenters. The molecule has 0 bridgehead atoms. The first kappa shape index (κ1) is 7.58. The zero-order valence-electron chi connectivity index (χ0n) is 6.61. The van der Waals surface area contributed by atoms with E-state index in [1.54, 1.807) is 18.2 Å².